The van der Waals surface area contributed by atoms with Gasteiger partial charge in [-0.3, -0.25) is 5.01 Å². The van der Waals surface area contributed by atoms with Crippen LogP contribution in [0.5, 0.6) is 0 Å². The van der Waals surface area contributed by atoms with Gasteiger partial charge in [0.05, 0.1) is 6.04 Å². The van der Waals surface area contributed by atoms with Gasteiger partial charge >= 0.3 is 0 Å². The third-order valence-corrected chi connectivity index (χ3v) is 1.43. The Labute approximate surface area is 61.3 Å². The number of halogens is 1. The molecule has 0 aliphatic carbocycles. The normalized spacial score (nSPS) is 25.3. The van der Waals surface area contributed by atoms with E-state index in [1.165, 1.54) is 0 Å². The van der Waals surface area contributed by atoms with Crippen LogP contribution >= 0.6 is 12.4 Å². The maximum absolute atomic E-state index is 5.42. The summed E-state index contributed by atoms with van der Waals surface area (Å²) in [7, 11) is 1.94. The summed E-state index contributed by atoms with van der Waals surface area (Å²) in [6.07, 6.45) is 0.913. The Morgan fingerprint density at radius 3 is 2.44 bits per heavy atom. The summed E-state index contributed by atoms with van der Waals surface area (Å²) in [5.74, 6) is 0.750. The first-order valence-corrected chi connectivity index (χ1v) is 2.76. The molecule has 0 saturated heterocycles. The van der Waals surface area contributed by atoms with E-state index < -0.39 is 0 Å². The first-order chi connectivity index (χ1) is 3.70. The van der Waals surface area contributed by atoms with E-state index in [1.807, 2.05) is 12.1 Å². The molecule has 0 bridgehead atoms. The van der Waals surface area contributed by atoms with Gasteiger partial charge in [-0.25, -0.2) is 0 Å². The van der Waals surface area contributed by atoms with Crippen LogP contribution in [0.4, 0.5) is 0 Å². The lowest BCUT2D eigenvalue weighted by Crippen LogP contribution is -2.18. The second-order valence-electron chi connectivity index (χ2n) is 2.22. The summed E-state index contributed by atoms with van der Waals surface area (Å²) in [4.78, 5) is 0. The van der Waals surface area contributed by atoms with E-state index in [-0.39, 0.29) is 12.4 Å². The number of hydrogen-bond acceptors (Lipinski definition) is 3. The van der Waals surface area contributed by atoms with E-state index >= 15 is 0 Å². The Bertz CT molecular complexity index is 123. The van der Waals surface area contributed by atoms with Crippen molar-refractivity contribution in [2.75, 3.05) is 7.05 Å². The van der Waals surface area contributed by atoms with Gasteiger partial charge in [0.1, 0.15) is 5.84 Å². The van der Waals surface area contributed by atoms with Crippen molar-refractivity contribution in [3.63, 3.8) is 0 Å². The molecule has 1 rings (SSSR count). The van der Waals surface area contributed by atoms with Gasteiger partial charge in [0.2, 0.25) is 0 Å². The van der Waals surface area contributed by atoms with Crippen LogP contribution in [0, 0.1) is 0 Å². The maximum atomic E-state index is 5.42. The van der Waals surface area contributed by atoms with Crippen molar-refractivity contribution in [3.05, 3.63) is 0 Å². The molecule has 1 heterocycles. The molecule has 0 aromatic rings. The average Bonchev–Trinajstić information content (AvgIpc) is 1.85. The molecule has 0 radical (unpaired) electrons. The summed E-state index contributed by atoms with van der Waals surface area (Å²) in [6.45, 7) is 2.10. The zero-order valence-corrected chi connectivity index (χ0v) is 6.48. The minimum atomic E-state index is 0. The number of amidine groups is 1. The molecular formula is C5H12ClN3. The largest absolute Gasteiger partial charge is 0.386 e. The van der Waals surface area contributed by atoms with Gasteiger partial charge in [0.15, 0.2) is 0 Å². The van der Waals surface area contributed by atoms with Crippen LogP contribution in [0.1, 0.15) is 13.3 Å². The minimum absolute atomic E-state index is 0. The monoisotopic (exact) mass is 149 g/mol. The molecule has 0 amide bonds. The molecule has 9 heavy (non-hydrogen) atoms. The van der Waals surface area contributed by atoms with Crippen molar-refractivity contribution < 1.29 is 0 Å². The highest BCUT2D eigenvalue weighted by atomic mass is 35.5. The molecule has 1 unspecified atom stereocenters. The van der Waals surface area contributed by atoms with Crippen molar-refractivity contribution >= 4 is 18.2 Å². The number of nitrogens with two attached hydrogens (primary N) is 1. The second-order valence-corrected chi connectivity index (χ2v) is 2.22. The van der Waals surface area contributed by atoms with Crippen LogP contribution in [-0.2, 0) is 0 Å². The fourth-order valence-corrected chi connectivity index (χ4v) is 0.777. The quantitative estimate of drug-likeness (QED) is 0.542. The van der Waals surface area contributed by atoms with Crippen LogP contribution in [0.15, 0.2) is 5.10 Å². The third-order valence-electron chi connectivity index (χ3n) is 1.43. The molecule has 0 aromatic carbocycles. The van der Waals surface area contributed by atoms with Crippen molar-refractivity contribution in [2.24, 2.45) is 10.8 Å². The van der Waals surface area contributed by atoms with E-state index in [0.717, 1.165) is 12.3 Å². The van der Waals surface area contributed by atoms with Crippen LogP contribution in [0.2, 0.25) is 0 Å². The summed E-state index contributed by atoms with van der Waals surface area (Å²) in [5.41, 5.74) is 5.42. The molecule has 1 atom stereocenters. The van der Waals surface area contributed by atoms with Gasteiger partial charge in [-0.1, -0.05) is 0 Å². The molecule has 0 saturated carbocycles. The van der Waals surface area contributed by atoms with Crippen LogP contribution in [0.3, 0.4) is 0 Å². The molecule has 1 aliphatic heterocycles. The third kappa shape index (κ3) is 1.75. The van der Waals surface area contributed by atoms with Gasteiger partial charge in [-0.05, 0) is 6.92 Å². The molecule has 54 valence electrons. The number of hydrazone groups is 1. The zero-order valence-electron chi connectivity index (χ0n) is 5.66. The Morgan fingerprint density at radius 1 is 1.78 bits per heavy atom. The Balaban J connectivity index is 0.000000640. The summed E-state index contributed by atoms with van der Waals surface area (Å²) < 4.78 is 0. The molecular weight excluding hydrogens is 138 g/mol. The maximum Gasteiger partial charge on any atom is 0.121 e. The minimum Gasteiger partial charge on any atom is -0.386 e. The van der Waals surface area contributed by atoms with Crippen LogP contribution in [-0.4, -0.2) is 23.9 Å². The molecule has 0 aromatic heterocycles. The van der Waals surface area contributed by atoms with Crippen LogP contribution < -0.4 is 5.73 Å². The predicted octanol–water partition coefficient (Wildman–Crippen LogP) is 0.404. The van der Waals surface area contributed by atoms with Crippen molar-refractivity contribution in [2.45, 2.75) is 19.4 Å². The lowest BCUT2D eigenvalue weighted by Gasteiger charge is -2.11. The summed E-state index contributed by atoms with van der Waals surface area (Å²) >= 11 is 0. The summed E-state index contributed by atoms with van der Waals surface area (Å²) in [6, 6.07) is 0.495. The lowest BCUT2D eigenvalue weighted by molar-refractivity contribution is 0.303. The molecule has 1 aliphatic rings. The Hall–Kier alpha value is -0.440. The average molecular weight is 150 g/mol. The highest BCUT2D eigenvalue weighted by molar-refractivity contribution is 5.85. The lowest BCUT2D eigenvalue weighted by atomic mass is 10.2. The molecule has 0 fully saturated rings. The fraction of sp³-hybridized carbons (Fsp3) is 0.800. The number of rotatable bonds is 0. The van der Waals surface area contributed by atoms with E-state index in [4.69, 9.17) is 5.73 Å². The van der Waals surface area contributed by atoms with Crippen molar-refractivity contribution in [1.82, 2.24) is 5.01 Å². The number of nitrogens with zero attached hydrogens (tertiary/aromatic N) is 2. The topological polar surface area (TPSA) is 41.6 Å². The van der Waals surface area contributed by atoms with E-state index in [9.17, 15) is 0 Å². The van der Waals surface area contributed by atoms with Gasteiger partial charge in [-0.15, -0.1) is 12.4 Å². The van der Waals surface area contributed by atoms with E-state index in [2.05, 4.69) is 12.0 Å². The fourth-order valence-electron chi connectivity index (χ4n) is 0.777. The van der Waals surface area contributed by atoms with Gasteiger partial charge in [0, 0.05) is 13.5 Å². The second kappa shape index (κ2) is 2.92. The van der Waals surface area contributed by atoms with E-state index in [0.29, 0.717) is 6.04 Å². The first-order valence-electron chi connectivity index (χ1n) is 2.76. The van der Waals surface area contributed by atoms with Gasteiger partial charge < -0.3 is 5.73 Å². The number of hydrogen-bond donors (Lipinski definition) is 1. The molecule has 0 spiro atoms. The highest BCUT2D eigenvalue weighted by Gasteiger charge is 2.15. The van der Waals surface area contributed by atoms with E-state index in [1.54, 1.807) is 0 Å². The SMILES string of the molecule is CC1CC(N)=NN1C.Cl. The molecule has 2 N–H and O–H groups in total. The van der Waals surface area contributed by atoms with Crippen molar-refractivity contribution in [1.29, 1.82) is 0 Å². The van der Waals surface area contributed by atoms with Crippen molar-refractivity contribution in [3.8, 4) is 0 Å². The highest BCUT2D eigenvalue weighted by Crippen LogP contribution is 2.08. The standard InChI is InChI=1S/C5H11N3.ClH/c1-4-3-5(6)7-8(4)2;/h4H,3H2,1-2H3,(H2,6,7);1H. The van der Waals surface area contributed by atoms with Gasteiger partial charge in [-0.2, -0.15) is 5.10 Å². The summed E-state index contributed by atoms with van der Waals surface area (Å²) in [5, 5.41) is 5.88. The first kappa shape index (κ1) is 8.56. The Morgan fingerprint density at radius 2 is 2.33 bits per heavy atom. The van der Waals surface area contributed by atoms with Gasteiger partial charge in [0.25, 0.3) is 0 Å². The molecule has 3 nitrogen and oxygen atoms in total. The predicted molar refractivity (Wildman–Crippen MR) is 40.7 cm³/mol. The Kier molecular flexibility index (Phi) is 2.77. The molecule has 4 heteroatoms. The smallest absolute Gasteiger partial charge is 0.121 e. The zero-order chi connectivity index (χ0) is 6.15. The van der Waals surface area contributed by atoms with Crippen LogP contribution in [0.25, 0.3) is 0 Å².